The lowest BCUT2D eigenvalue weighted by atomic mass is 9.88. The topological polar surface area (TPSA) is 43.9 Å². The van der Waals surface area contributed by atoms with E-state index in [1.807, 2.05) is 44.2 Å². The fourth-order valence-corrected chi connectivity index (χ4v) is 5.15. The van der Waals surface area contributed by atoms with Crippen LogP contribution in [0.25, 0.3) is 5.57 Å². The van der Waals surface area contributed by atoms with Crippen molar-refractivity contribution < 1.29 is 9.59 Å². The molecule has 0 aliphatic carbocycles. The van der Waals surface area contributed by atoms with E-state index in [9.17, 15) is 9.59 Å². The number of nitrogens with zero attached hydrogens (tertiary/aromatic N) is 3. The standard InChI is InChI=1S/C24H24ClN3O2/c1-24(2)14-16(17-6-5-7-18-21(17)28(24)23(30)22(18)29)15-26-10-12-27(13-11-26)20-9-4-3-8-19(20)25/h3-9,14H,10-13,15H2,1-2H3. The van der Waals surface area contributed by atoms with E-state index in [1.54, 1.807) is 11.0 Å². The van der Waals surface area contributed by atoms with Gasteiger partial charge in [-0.3, -0.25) is 19.4 Å². The summed E-state index contributed by atoms with van der Waals surface area (Å²) >= 11 is 6.37. The zero-order valence-corrected chi connectivity index (χ0v) is 17.9. The van der Waals surface area contributed by atoms with Crippen LogP contribution in [-0.4, -0.2) is 54.9 Å². The van der Waals surface area contributed by atoms with Crippen molar-refractivity contribution in [1.82, 2.24) is 4.90 Å². The van der Waals surface area contributed by atoms with Crippen molar-refractivity contribution in [2.24, 2.45) is 0 Å². The summed E-state index contributed by atoms with van der Waals surface area (Å²) in [7, 11) is 0. The van der Waals surface area contributed by atoms with Crippen molar-refractivity contribution >= 4 is 40.2 Å². The number of Topliss-reactive ketones (excluding diaryl/α,β-unsaturated/α-hetero) is 1. The van der Waals surface area contributed by atoms with E-state index in [-0.39, 0.29) is 0 Å². The van der Waals surface area contributed by atoms with Gasteiger partial charge in [-0.1, -0.05) is 41.9 Å². The van der Waals surface area contributed by atoms with Gasteiger partial charge in [0.05, 0.1) is 27.5 Å². The van der Waals surface area contributed by atoms with E-state index in [4.69, 9.17) is 11.6 Å². The molecule has 3 heterocycles. The van der Waals surface area contributed by atoms with Gasteiger partial charge >= 0.3 is 0 Å². The molecule has 0 bridgehead atoms. The molecule has 1 amide bonds. The second kappa shape index (κ2) is 6.96. The zero-order valence-electron chi connectivity index (χ0n) is 17.2. The first-order chi connectivity index (χ1) is 14.4. The Balaban J connectivity index is 1.38. The minimum atomic E-state index is -0.527. The highest BCUT2D eigenvalue weighted by atomic mass is 35.5. The van der Waals surface area contributed by atoms with Gasteiger partial charge in [-0.15, -0.1) is 0 Å². The first-order valence-corrected chi connectivity index (χ1v) is 10.7. The highest BCUT2D eigenvalue weighted by molar-refractivity contribution is 6.53. The van der Waals surface area contributed by atoms with Gasteiger partial charge in [-0.2, -0.15) is 0 Å². The number of hydrogen-bond acceptors (Lipinski definition) is 4. The van der Waals surface area contributed by atoms with Crippen molar-refractivity contribution in [2.45, 2.75) is 19.4 Å². The van der Waals surface area contributed by atoms with Crippen LogP contribution in [0.3, 0.4) is 0 Å². The minimum absolute atomic E-state index is 0.400. The number of ketones is 1. The number of rotatable bonds is 3. The van der Waals surface area contributed by atoms with Gasteiger partial charge in [0.1, 0.15) is 0 Å². The molecule has 2 aromatic rings. The lowest BCUT2D eigenvalue weighted by molar-refractivity contribution is -0.115. The third-order valence-electron chi connectivity index (χ3n) is 6.31. The lowest BCUT2D eigenvalue weighted by Crippen LogP contribution is -2.49. The molecular formula is C24H24ClN3O2. The number of piperazine rings is 1. The molecule has 5 nitrogen and oxygen atoms in total. The number of carbonyl (C=O) groups is 2. The molecule has 154 valence electrons. The molecule has 0 spiro atoms. The fourth-order valence-electron chi connectivity index (χ4n) is 4.89. The van der Waals surface area contributed by atoms with Gasteiger partial charge < -0.3 is 4.90 Å². The average Bonchev–Trinajstić information content (AvgIpc) is 2.99. The van der Waals surface area contributed by atoms with Crippen LogP contribution in [-0.2, 0) is 4.79 Å². The Hall–Kier alpha value is -2.63. The summed E-state index contributed by atoms with van der Waals surface area (Å²) in [6.07, 6.45) is 2.15. The Morgan fingerprint density at radius 1 is 0.933 bits per heavy atom. The summed E-state index contributed by atoms with van der Waals surface area (Å²) in [6, 6.07) is 13.6. The Kier molecular flexibility index (Phi) is 4.49. The predicted octanol–water partition coefficient (Wildman–Crippen LogP) is 3.87. The highest BCUT2D eigenvalue weighted by Crippen LogP contribution is 2.45. The quantitative estimate of drug-likeness (QED) is 0.706. The normalized spacial score (nSPS) is 20.4. The number of anilines is 2. The summed E-state index contributed by atoms with van der Waals surface area (Å²) in [5, 5.41) is 0.789. The van der Waals surface area contributed by atoms with Crippen LogP contribution < -0.4 is 9.80 Å². The van der Waals surface area contributed by atoms with Crippen molar-refractivity contribution in [1.29, 1.82) is 0 Å². The number of hydrogen-bond donors (Lipinski definition) is 0. The third kappa shape index (κ3) is 2.96. The Labute approximate surface area is 181 Å². The van der Waals surface area contributed by atoms with E-state index in [0.29, 0.717) is 5.56 Å². The van der Waals surface area contributed by atoms with Gasteiger partial charge in [0.25, 0.3) is 11.7 Å². The minimum Gasteiger partial charge on any atom is -0.368 e. The molecule has 2 aromatic carbocycles. The van der Waals surface area contributed by atoms with Gasteiger partial charge in [0.2, 0.25) is 0 Å². The fraction of sp³-hybridized carbons (Fsp3) is 0.333. The monoisotopic (exact) mass is 421 g/mol. The molecule has 0 N–H and O–H groups in total. The van der Waals surface area contributed by atoms with E-state index in [2.05, 4.69) is 21.9 Å². The lowest BCUT2D eigenvalue weighted by Gasteiger charge is -2.41. The number of para-hydroxylation sites is 2. The second-order valence-electron chi connectivity index (χ2n) is 8.71. The van der Waals surface area contributed by atoms with E-state index < -0.39 is 17.2 Å². The summed E-state index contributed by atoms with van der Waals surface area (Å²) in [6.45, 7) is 8.48. The summed E-state index contributed by atoms with van der Waals surface area (Å²) < 4.78 is 0. The van der Waals surface area contributed by atoms with Gasteiger partial charge in [-0.05, 0) is 37.6 Å². The molecule has 3 aliphatic rings. The maximum Gasteiger partial charge on any atom is 0.300 e. The van der Waals surface area contributed by atoms with Gasteiger partial charge in [0, 0.05) is 38.3 Å². The number of benzene rings is 2. The van der Waals surface area contributed by atoms with Crippen molar-refractivity contribution in [3.8, 4) is 0 Å². The molecular weight excluding hydrogens is 398 g/mol. The third-order valence-corrected chi connectivity index (χ3v) is 6.63. The average molecular weight is 422 g/mol. The molecule has 0 unspecified atom stereocenters. The number of halogens is 1. The smallest absolute Gasteiger partial charge is 0.300 e. The molecule has 0 aromatic heterocycles. The van der Waals surface area contributed by atoms with Crippen LogP contribution in [0.5, 0.6) is 0 Å². The molecule has 1 saturated heterocycles. The number of amides is 1. The van der Waals surface area contributed by atoms with E-state index in [0.717, 1.165) is 54.7 Å². The SMILES string of the molecule is CC1(C)C=C(CN2CCN(c3ccccc3Cl)CC2)c2cccc3c2N1C(=O)C3=O. The summed E-state index contributed by atoms with van der Waals surface area (Å²) in [5.41, 5.74) is 4.05. The first kappa shape index (κ1) is 19.3. The maximum atomic E-state index is 12.6. The van der Waals surface area contributed by atoms with Crippen molar-refractivity contribution in [3.63, 3.8) is 0 Å². The van der Waals surface area contributed by atoms with Gasteiger partial charge in [-0.25, -0.2) is 0 Å². The van der Waals surface area contributed by atoms with E-state index in [1.165, 1.54) is 5.57 Å². The molecule has 6 heteroatoms. The van der Waals surface area contributed by atoms with Crippen molar-refractivity contribution in [3.05, 3.63) is 64.7 Å². The Morgan fingerprint density at radius 3 is 2.37 bits per heavy atom. The highest BCUT2D eigenvalue weighted by Gasteiger charge is 2.46. The van der Waals surface area contributed by atoms with Crippen LogP contribution in [0.4, 0.5) is 11.4 Å². The molecule has 5 rings (SSSR count). The van der Waals surface area contributed by atoms with Crippen LogP contribution in [0, 0.1) is 0 Å². The van der Waals surface area contributed by atoms with Crippen LogP contribution in [0.1, 0.15) is 29.8 Å². The van der Waals surface area contributed by atoms with Crippen molar-refractivity contribution in [2.75, 3.05) is 42.5 Å². The zero-order chi connectivity index (χ0) is 21.0. The van der Waals surface area contributed by atoms with Crippen LogP contribution >= 0.6 is 11.6 Å². The largest absolute Gasteiger partial charge is 0.368 e. The Morgan fingerprint density at radius 2 is 1.63 bits per heavy atom. The molecule has 3 aliphatic heterocycles. The molecule has 1 fully saturated rings. The maximum absolute atomic E-state index is 12.6. The number of carbonyl (C=O) groups excluding carboxylic acids is 2. The van der Waals surface area contributed by atoms with Crippen LogP contribution in [0.2, 0.25) is 5.02 Å². The first-order valence-electron chi connectivity index (χ1n) is 10.3. The second-order valence-corrected chi connectivity index (χ2v) is 9.12. The molecule has 0 saturated carbocycles. The summed E-state index contributed by atoms with van der Waals surface area (Å²) in [5.74, 6) is -0.825. The van der Waals surface area contributed by atoms with E-state index >= 15 is 0 Å². The van der Waals surface area contributed by atoms with Crippen LogP contribution in [0.15, 0.2) is 48.5 Å². The predicted molar refractivity (Wildman–Crippen MR) is 120 cm³/mol. The molecule has 30 heavy (non-hydrogen) atoms. The molecule has 0 atom stereocenters. The molecule has 0 radical (unpaired) electrons. The summed E-state index contributed by atoms with van der Waals surface area (Å²) in [4.78, 5) is 31.5. The van der Waals surface area contributed by atoms with Gasteiger partial charge in [0.15, 0.2) is 0 Å². The Bertz CT molecular complexity index is 1080.